The number of hydrogen-bond acceptors (Lipinski definition) is 1. The summed E-state index contributed by atoms with van der Waals surface area (Å²) in [4.78, 5) is 0. The van der Waals surface area contributed by atoms with Crippen molar-refractivity contribution in [3.05, 3.63) is 29.3 Å². The Morgan fingerprint density at radius 3 is 2.27 bits per heavy atom. The van der Waals surface area contributed by atoms with Crippen molar-refractivity contribution in [1.29, 1.82) is 0 Å². The van der Waals surface area contributed by atoms with Gasteiger partial charge in [0.15, 0.2) is 0 Å². The van der Waals surface area contributed by atoms with Gasteiger partial charge in [0.1, 0.15) is 5.75 Å². The summed E-state index contributed by atoms with van der Waals surface area (Å²) in [5.74, 6) is 2.23. The molecule has 1 aromatic rings. The van der Waals surface area contributed by atoms with Crippen molar-refractivity contribution in [3.63, 3.8) is 0 Å². The van der Waals surface area contributed by atoms with Gasteiger partial charge in [-0.1, -0.05) is 33.8 Å². The lowest BCUT2D eigenvalue weighted by Gasteiger charge is -2.15. The van der Waals surface area contributed by atoms with Crippen LogP contribution in [0.3, 0.4) is 0 Å². The predicted molar refractivity (Wildman–Crippen MR) is 65.6 cm³/mol. The van der Waals surface area contributed by atoms with Crippen molar-refractivity contribution in [2.45, 2.75) is 40.0 Å². The van der Waals surface area contributed by atoms with Gasteiger partial charge in [0.25, 0.3) is 0 Å². The third kappa shape index (κ3) is 3.26. The number of benzene rings is 1. The first-order chi connectivity index (χ1) is 7.04. The molecule has 0 atom stereocenters. The van der Waals surface area contributed by atoms with E-state index in [4.69, 9.17) is 4.74 Å². The van der Waals surface area contributed by atoms with Crippen molar-refractivity contribution >= 4 is 0 Å². The molecule has 1 rings (SSSR count). The first-order valence-corrected chi connectivity index (χ1v) is 5.71. The zero-order chi connectivity index (χ0) is 11.4. The van der Waals surface area contributed by atoms with E-state index in [-0.39, 0.29) is 0 Å². The van der Waals surface area contributed by atoms with E-state index in [1.54, 1.807) is 7.11 Å². The molecule has 0 aromatic heterocycles. The highest BCUT2D eigenvalue weighted by Crippen LogP contribution is 2.26. The van der Waals surface area contributed by atoms with E-state index in [9.17, 15) is 0 Å². The standard InChI is InChI=1S/C14H22O/c1-10(2)8-12-6-7-13(15-5)9-14(12)11(3)4/h6-7,9-11H,8H2,1-5H3. The zero-order valence-corrected chi connectivity index (χ0v) is 10.5. The topological polar surface area (TPSA) is 9.23 Å². The van der Waals surface area contributed by atoms with Crippen LogP contribution in [0.5, 0.6) is 5.75 Å². The van der Waals surface area contributed by atoms with Gasteiger partial charge in [0.05, 0.1) is 7.11 Å². The fourth-order valence-corrected chi connectivity index (χ4v) is 1.86. The highest BCUT2D eigenvalue weighted by molar-refractivity contribution is 5.37. The maximum absolute atomic E-state index is 5.26. The van der Waals surface area contributed by atoms with Crippen LogP contribution in [0.15, 0.2) is 18.2 Å². The summed E-state index contributed by atoms with van der Waals surface area (Å²) in [6.45, 7) is 8.99. The van der Waals surface area contributed by atoms with Crippen LogP contribution >= 0.6 is 0 Å². The molecule has 84 valence electrons. The zero-order valence-electron chi connectivity index (χ0n) is 10.5. The minimum absolute atomic E-state index is 0.564. The summed E-state index contributed by atoms with van der Waals surface area (Å²) in [5.41, 5.74) is 2.88. The molecule has 0 bridgehead atoms. The molecule has 1 heteroatoms. The van der Waals surface area contributed by atoms with Crippen LogP contribution in [0, 0.1) is 5.92 Å². The molecule has 0 fully saturated rings. The predicted octanol–water partition coefficient (Wildman–Crippen LogP) is 4.02. The number of hydrogen-bond donors (Lipinski definition) is 0. The van der Waals surface area contributed by atoms with Gasteiger partial charge in [-0.2, -0.15) is 0 Å². The van der Waals surface area contributed by atoms with Crippen LogP contribution in [0.1, 0.15) is 44.7 Å². The summed E-state index contributed by atoms with van der Waals surface area (Å²) in [7, 11) is 1.72. The summed E-state index contributed by atoms with van der Waals surface area (Å²) < 4.78 is 5.26. The van der Waals surface area contributed by atoms with E-state index in [1.807, 2.05) is 0 Å². The molecule has 0 saturated heterocycles. The summed E-state index contributed by atoms with van der Waals surface area (Å²) >= 11 is 0. The molecule has 0 unspecified atom stereocenters. The molecule has 0 heterocycles. The molecule has 0 radical (unpaired) electrons. The Kier molecular flexibility index (Phi) is 4.19. The smallest absolute Gasteiger partial charge is 0.119 e. The van der Waals surface area contributed by atoms with Crippen LogP contribution in [0.4, 0.5) is 0 Å². The van der Waals surface area contributed by atoms with Gasteiger partial charge < -0.3 is 4.74 Å². The molecule has 0 aliphatic carbocycles. The Morgan fingerprint density at radius 1 is 1.13 bits per heavy atom. The SMILES string of the molecule is COc1ccc(CC(C)C)c(C(C)C)c1. The average molecular weight is 206 g/mol. The lowest BCUT2D eigenvalue weighted by Crippen LogP contribution is -2.01. The van der Waals surface area contributed by atoms with Crippen LogP contribution in [-0.4, -0.2) is 7.11 Å². The first-order valence-electron chi connectivity index (χ1n) is 5.71. The molecule has 0 spiro atoms. The van der Waals surface area contributed by atoms with E-state index in [0.29, 0.717) is 11.8 Å². The van der Waals surface area contributed by atoms with Crippen LogP contribution in [0.25, 0.3) is 0 Å². The third-order valence-corrected chi connectivity index (χ3v) is 2.60. The first kappa shape index (κ1) is 12.1. The van der Waals surface area contributed by atoms with Crippen LogP contribution in [-0.2, 0) is 6.42 Å². The Bertz CT molecular complexity index is 313. The second-order valence-corrected chi connectivity index (χ2v) is 4.82. The Labute approximate surface area is 93.5 Å². The summed E-state index contributed by atoms with van der Waals surface area (Å²) in [5, 5.41) is 0. The van der Waals surface area contributed by atoms with Gasteiger partial charge >= 0.3 is 0 Å². The highest BCUT2D eigenvalue weighted by Gasteiger charge is 2.09. The van der Waals surface area contributed by atoms with Crippen molar-refractivity contribution in [3.8, 4) is 5.75 Å². The number of ether oxygens (including phenoxy) is 1. The molecular weight excluding hydrogens is 184 g/mol. The van der Waals surface area contributed by atoms with Gasteiger partial charge in [-0.3, -0.25) is 0 Å². The molecule has 0 aliphatic rings. The van der Waals surface area contributed by atoms with Crippen molar-refractivity contribution in [1.82, 2.24) is 0 Å². The molecule has 1 aromatic carbocycles. The lowest BCUT2D eigenvalue weighted by molar-refractivity contribution is 0.413. The Hall–Kier alpha value is -0.980. The third-order valence-electron chi connectivity index (χ3n) is 2.60. The normalized spacial score (nSPS) is 11.1. The number of rotatable bonds is 4. The molecule has 1 nitrogen and oxygen atoms in total. The molecular formula is C14H22O. The maximum Gasteiger partial charge on any atom is 0.119 e. The maximum atomic E-state index is 5.26. The Morgan fingerprint density at radius 2 is 1.80 bits per heavy atom. The molecule has 0 aliphatic heterocycles. The summed E-state index contributed by atoms with van der Waals surface area (Å²) in [6.07, 6.45) is 1.15. The van der Waals surface area contributed by atoms with E-state index < -0.39 is 0 Å². The lowest BCUT2D eigenvalue weighted by atomic mass is 9.92. The van der Waals surface area contributed by atoms with Crippen LogP contribution in [0.2, 0.25) is 0 Å². The van der Waals surface area contributed by atoms with E-state index >= 15 is 0 Å². The molecule has 15 heavy (non-hydrogen) atoms. The largest absolute Gasteiger partial charge is 0.497 e. The number of methoxy groups -OCH3 is 1. The van der Waals surface area contributed by atoms with Crippen LogP contribution < -0.4 is 4.74 Å². The van der Waals surface area contributed by atoms with Crippen molar-refractivity contribution < 1.29 is 4.74 Å². The highest BCUT2D eigenvalue weighted by atomic mass is 16.5. The summed E-state index contributed by atoms with van der Waals surface area (Å²) in [6, 6.07) is 6.43. The second-order valence-electron chi connectivity index (χ2n) is 4.82. The fourth-order valence-electron chi connectivity index (χ4n) is 1.86. The van der Waals surface area contributed by atoms with Gasteiger partial charge in [-0.15, -0.1) is 0 Å². The minimum Gasteiger partial charge on any atom is -0.497 e. The second kappa shape index (κ2) is 5.20. The van der Waals surface area contributed by atoms with Gasteiger partial charge in [0, 0.05) is 0 Å². The fraction of sp³-hybridized carbons (Fsp3) is 0.571. The quantitative estimate of drug-likeness (QED) is 0.723. The van der Waals surface area contributed by atoms with E-state index in [2.05, 4.69) is 45.9 Å². The van der Waals surface area contributed by atoms with Crippen molar-refractivity contribution in [2.24, 2.45) is 5.92 Å². The monoisotopic (exact) mass is 206 g/mol. The van der Waals surface area contributed by atoms with E-state index in [1.165, 1.54) is 11.1 Å². The van der Waals surface area contributed by atoms with Gasteiger partial charge in [-0.25, -0.2) is 0 Å². The molecule has 0 N–H and O–H groups in total. The molecule has 0 amide bonds. The average Bonchev–Trinajstić information content (AvgIpc) is 2.17. The van der Waals surface area contributed by atoms with Gasteiger partial charge in [0.2, 0.25) is 0 Å². The Balaban J connectivity index is 3.03. The minimum atomic E-state index is 0.564. The molecule has 0 saturated carbocycles. The van der Waals surface area contributed by atoms with Crippen molar-refractivity contribution in [2.75, 3.05) is 7.11 Å². The van der Waals surface area contributed by atoms with Gasteiger partial charge in [-0.05, 0) is 41.5 Å². The van der Waals surface area contributed by atoms with E-state index in [0.717, 1.165) is 12.2 Å².